The van der Waals surface area contributed by atoms with Gasteiger partial charge in [0.1, 0.15) is 11.5 Å². The standard InChI is InChI=1S/C21H33N3O3/c1-26-19-8-4-9-20(15-19)27-17-18-7-5-14-24(16-18)21(25)22-10-6-13-23-11-2-3-12-23/h4,8-9,15,18H,2-3,5-7,10-14,16-17H2,1H3,(H,22,25)/t18-/m1/s1. The molecule has 2 saturated heterocycles. The lowest BCUT2D eigenvalue weighted by atomic mass is 9.99. The van der Waals surface area contributed by atoms with Gasteiger partial charge in [0.25, 0.3) is 0 Å². The van der Waals surface area contributed by atoms with Gasteiger partial charge in [-0.05, 0) is 63.9 Å². The van der Waals surface area contributed by atoms with Crippen molar-refractivity contribution in [1.29, 1.82) is 0 Å². The van der Waals surface area contributed by atoms with Gasteiger partial charge >= 0.3 is 6.03 Å². The van der Waals surface area contributed by atoms with Gasteiger partial charge in [-0.25, -0.2) is 4.79 Å². The number of rotatable bonds is 8. The number of piperidine rings is 1. The number of carbonyl (C=O) groups is 1. The third-order valence-electron chi connectivity index (χ3n) is 5.46. The summed E-state index contributed by atoms with van der Waals surface area (Å²) in [5.74, 6) is 1.99. The Hall–Kier alpha value is -1.95. The summed E-state index contributed by atoms with van der Waals surface area (Å²) in [6.07, 6.45) is 5.80. The lowest BCUT2D eigenvalue weighted by Crippen LogP contribution is -2.47. The summed E-state index contributed by atoms with van der Waals surface area (Å²) < 4.78 is 11.2. The van der Waals surface area contributed by atoms with Crippen LogP contribution in [-0.2, 0) is 0 Å². The Kier molecular flexibility index (Phi) is 7.63. The highest BCUT2D eigenvalue weighted by molar-refractivity contribution is 5.74. The maximum Gasteiger partial charge on any atom is 0.317 e. The highest BCUT2D eigenvalue weighted by atomic mass is 16.5. The van der Waals surface area contributed by atoms with Crippen LogP contribution < -0.4 is 14.8 Å². The Morgan fingerprint density at radius 1 is 1.19 bits per heavy atom. The molecule has 27 heavy (non-hydrogen) atoms. The molecule has 1 aromatic rings. The highest BCUT2D eigenvalue weighted by Gasteiger charge is 2.24. The summed E-state index contributed by atoms with van der Waals surface area (Å²) in [6.45, 7) is 6.53. The first-order valence-corrected chi connectivity index (χ1v) is 10.3. The molecular weight excluding hydrogens is 342 g/mol. The van der Waals surface area contributed by atoms with E-state index in [-0.39, 0.29) is 6.03 Å². The first kappa shape index (κ1) is 19.8. The van der Waals surface area contributed by atoms with Crippen molar-refractivity contribution in [3.63, 3.8) is 0 Å². The van der Waals surface area contributed by atoms with Gasteiger partial charge in [-0.15, -0.1) is 0 Å². The summed E-state index contributed by atoms with van der Waals surface area (Å²) in [5, 5.41) is 3.09. The Morgan fingerprint density at radius 2 is 2.00 bits per heavy atom. The number of hydrogen-bond donors (Lipinski definition) is 1. The molecule has 2 heterocycles. The number of amides is 2. The molecule has 0 radical (unpaired) electrons. The largest absolute Gasteiger partial charge is 0.497 e. The van der Waals surface area contributed by atoms with E-state index in [9.17, 15) is 4.79 Å². The molecule has 0 aliphatic carbocycles. The van der Waals surface area contributed by atoms with Gasteiger partial charge in [0, 0.05) is 31.6 Å². The molecule has 2 aliphatic rings. The first-order chi connectivity index (χ1) is 13.2. The van der Waals surface area contributed by atoms with Gasteiger partial charge in [-0.1, -0.05) is 6.07 Å². The normalized spacial score (nSPS) is 20.5. The van der Waals surface area contributed by atoms with E-state index in [4.69, 9.17) is 9.47 Å². The minimum Gasteiger partial charge on any atom is -0.497 e. The van der Waals surface area contributed by atoms with Crippen LogP contribution in [0.2, 0.25) is 0 Å². The molecule has 0 unspecified atom stereocenters. The molecule has 1 N–H and O–H groups in total. The Balaban J connectivity index is 1.35. The SMILES string of the molecule is COc1cccc(OC[C@@H]2CCCN(C(=O)NCCCN3CCCC3)C2)c1. The zero-order valence-corrected chi connectivity index (χ0v) is 16.5. The van der Waals surface area contributed by atoms with Gasteiger partial charge < -0.3 is 24.6 Å². The number of methoxy groups -OCH3 is 1. The third kappa shape index (κ3) is 6.31. The minimum atomic E-state index is 0.0718. The van der Waals surface area contributed by atoms with Crippen molar-refractivity contribution in [3.05, 3.63) is 24.3 Å². The molecule has 0 bridgehead atoms. The van der Waals surface area contributed by atoms with Gasteiger partial charge in [0.2, 0.25) is 0 Å². The maximum absolute atomic E-state index is 12.4. The Morgan fingerprint density at radius 3 is 2.81 bits per heavy atom. The summed E-state index contributed by atoms with van der Waals surface area (Å²) in [5.41, 5.74) is 0. The molecule has 2 fully saturated rings. The summed E-state index contributed by atoms with van der Waals surface area (Å²) in [7, 11) is 1.65. The number of likely N-dealkylation sites (tertiary alicyclic amines) is 2. The van der Waals surface area contributed by atoms with Crippen molar-refractivity contribution in [1.82, 2.24) is 15.1 Å². The van der Waals surface area contributed by atoms with Gasteiger partial charge in [0.05, 0.1) is 13.7 Å². The number of carbonyl (C=O) groups excluding carboxylic acids is 1. The fraction of sp³-hybridized carbons (Fsp3) is 0.667. The van der Waals surface area contributed by atoms with Crippen LogP contribution in [0.4, 0.5) is 4.79 Å². The maximum atomic E-state index is 12.4. The van der Waals surface area contributed by atoms with Crippen LogP contribution in [0.3, 0.4) is 0 Å². The van der Waals surface area contributed by atoms with Crippen molar-refractivity contribution in [2.75, 3.05) is 53.0 Å². The molecule has 2 aliphatic heterocycles. The lowest BCUT2D eigenvalue weighted by Gasteiger charge is -2.32. The number of benzene rings is 1. The van der Waals surface area contributed by atoms with E-state index in [1.165, 1.54) is 25.9 Å². The molecule has 0 aromatic heterocycles. The van der Waals surface area contributed by atoms with E-state index in [0.717, 1.165) is 56.9 Å². The second-order valence-corrected chi connectivity index (χ2v) is 7.58. The molecule has 0 saturated carbocycles. The number of nitrogens with zero attached hydrogens (tertiary/aromatic N) is 2. The second kappa shape index (κ2) is 10.4. The molecule has 0 spiro atoms. The van der Waals surface area contributed by atoms with E-state index in [2.05, 4.69) is 10.2 Å². The second-order valence-electron chi connectivity index (χ2n) is 7.58. The van der Waals surface area contributed by atoms with Crippen LogP contribution in [0, 0.1) is 5.92 Å². The van der Waals surface area contributed by atoms with Crippen LogP contribution in [0.15, 0.2) is 24.3 Å². The fourth-order valence-corrected chi connectivity index (χ4v) is 3.91. The van der Waals surface area contributed by atoms with Crippen LogP contribution in [-0.4, -0.2) is 68.8 Å². The lowest BCUT2D eigenvalue weighted by molar-refractivity contribution is 0.137. The van der Waals surface area contributed by atoms with Gasteiger partial charge in [-0.3, -0.25) is 0 Å². The monoisotopic (exact) mass is 375 g/mol. The molecule has 150 valence electrons. The smallest absolute Gasteiger partial charge is 0.317 e. The third-order valence-corrected chi connectivity index (χ3v) is 5.46. The van der Waals surface area contributed by atoms with E-state index >= 15 is 0 Å². The van der Waals surface area contributed by atoms with Gasteiger partial charge in [-0.2, -0.15) is 0 Å². The Bertz CT molecular complexity index is 590. The molecule has 3 rings (SSSR count). The van der Waals surface area contributed by atoms with Crippen LogP contribution in [0.5, 0.6) is 11.5 Å². The summed E-state index contributed by atoms with van der Waals surface area (Å²) >= 11 is 0. The molecule has 6 nitrogen and oxygen atoms in total. The molecule has 1 atom stereocenters. The van der Waals surface area contributed by atoms with Crippen LogP contribution >= 0.6 is 0 Å². The fourth-order valence-electron chi connectivity index (χ4n) is 3.91. The van der Waals surface area contributed by atoms with E-state index < -0.39 is 0 Å². The number of ether oxygens (including phenoxy) is 2. The van der Waals surface area contributed by atoms with Crippen molar-refractivity contribution in [3.8, 4) is 11.5 Å². The van der Waals surface area contributed by atoms with E-state index in [0.29, 0.717) is 12.5 Å². The molecule has 1 aromatic carbocycles. The van der Waals surface area contributed by atoms with Crippen molar-refractivity contribution in [2.24, 2.45) is 5.92 Å². The quantitative estimate of drug-likeness (QED) is 0.710. The average molecular weight is 376 g/mol. The van der Waals surface area contributed by atoms with Crippen LogP contribution in [0.1, 0.15) is 32.1 Å². The van der Waals surface area contributed by atoms with Gasteiger partial charge in [0.15, 0.2) is 0 Å². The first-order valence-electron chi connectivity index (χ1n) is 10.3. The van der Waals surface area contributed by atoms with Crippen molar-refractivity contribution < 1.29 is 14.3 Å². The molecule has 6 heteroatoms. The summed E-state index contributed by atoms with van der Waals surface area (Å²) in [4.78, 5) is 16.9. The number of nitrogens with one attached hydrogen (secondary N) is 1. The minimum absolute atomic E-state index is 0.0718. The summed E-state index contributed by atoms with van der Waals surface area (Å²) in [6, 6.07) is 7.74. The van der Waals surface area contributed by atoms with Crippen molar-refractivity contribution >= 4 is 6.03 Å². The van der Waals surface area contributed by atoms with Crippen molar-refractivity contribution in [2.45, 2.75) is 32.1 Å². The topological polar surface area (TPSA) is 54.0 Å². The predicted molar refractivity (Wildman–Crippen MR) is 106 cm³/mol. The average Bonchev–Trinajstić information content (AvgIpc) is 3.23. The number of hydrogen-bond acceptors (Lipinski definition) is 4. The zero-order chi connectivity index (χ0) is 18.9. The number of urea groups is 1. The predicted octanol–water partition coefficient (Wildman–Crippen LogP) is 2.98. The van der Waals surface area contributed by atoms with E-state index in [1.807, 2.05) is 29.2 Å². The van der Waals surface area contributed by atoms with E-state index in [1.54, 1.807) is 7.11 Å². The highest BCUT2D eigenvalue weighted by Crippen LogP contribution is 2.22. The Labute approximate surface area is 162 Å². The molecular formula is C21H33N3O3. The van der Waals surface area contributed by atoms with Crippen LogP contribution in [0.25, 0.3) is 0 Å². The zero-order valence-electron chi connectivity index (χ0n) is 16.5. The molecule has 2 amide bonds.